The van der Waals surface area contributed by atoms with E-state index in [4.69, 9.17) is 0 Å². The first-order valence-corrected chi connectivity index (χ1v) is 11.1. The van der Waals surface area contributed by atoms with Crippen LogP contribution in [0.5, 0.6) is 5.75 Å². The molecule has 1 radical (unpaired) electrons. The van der Waals surface area contributed by atoms with Gasteiger partial charge in [0.15, 0.2) is 0 Å². The summed E-state index contributed by atoms with van der Waals surface area (Å²) in [6.07, 6.45) is 21.0. The van der Waals surface area contributed by atoms with Crippen molar-refractivity contribution in [3.8, 4) is 5.75 Å². The maximum atomic E-state index is 10.3. The van der Waals surface area contributed by atoms with Crippen LogP contribution in [0.15, 0.2) is 18.2 Å². The largest absolute Gasteiger partial charge is 0.508 e. The third kappa shape index (κ3) is 12.9. The minimum absolute atomic E-state index is 0. The van der Waals surface area contributed by atoms with Crippen LogP contribution < -0.4 is 0 Å². The molecule has 0 aromatic heterocycles. The van der Waals surface area contributed by atoms with Gasteiger partial charge in [-0.1, -0.05) is 103 Å². The Balaban J connectivity index is 0.00000625. The molecule has 26 heavy (non-hydrogen) atoms. The topological polar surface area (TPSA) is 20.2 Å². The van der Waals surface area contributed by atoms with Crippen molar-refractivity contribution in [1.29, 1.82) is 0 Å². The average molecular weight is 386 g/mol. The normalized spacial score (nSPS) is 10.7. The van der Waals surface area contributed by atoms with Gasteiger partial charge < -0.3 is 5.11 Å². The van der Waals surface area contributed by atoms with Crippen molar-refractivity contribution in [3.05, 3.63) is 29.3 Å². The molecule has 1 aromatic carbocycles. The minimum Gasteiger partial charge on any atom is -0.508 e. The van der Waals surface area contributed by atoms with E-state index in [1.807, 2.05) is 12.1 Å². The molecular weight excluding hydrogens is 343 g/mol. The zero-order valence-electron chi connectivity index (χ0n) is 18.0. The fourth-order valence-corrected chi connectivity index (χ4v) is 3.68. The summed E-state index contributed by atoms with van der Waals surface area (Å²) in [5.74, 6) is 0.520. The SMILES string of the molecule is CCCCCCCCCc1cccc(O)c1CCCCCCCCC.[K]. The van der Waals surface area contributed by atoms with E-state index in [9.17, 15) is 5.11 Å². The first-order valence-electron chi connectivity index (χ1n) is 11.1. The van der Waals surface area contributed by atoms with Crippen LogP contribution >= 0.6 is 0 Å². The summed E-state index contributed by atoms with van der Waals surface area (Å²) >= 11 is 0. The number of phenols is 1. The van der Waals surface area contributed by atoms with E-state index in [1.54, 1.807) is 0 Å². The van der Waals surface area contributed by atoms with Gasteiger partial charge in [-0.3, -0.25) is 0 Å². The van der Waals surface area contributed by atoms with E-state index < -0.39 is 0 Å². The number of benzene rings is 1. The molecule has 0 atom stereocenters. The fourth-order valence-electron chi connectivity index (χ4n) is 3.68. The zero-order valence-corrected chi connectivity index (χ0v) is 21.1. The Morgan fingerprint density at radius 2 is 1.08 bits per heavy atom. The van der Waals surface area contributed by atoms with Crippen molar-refractivity contribution in [2.24, 2.45) is 0 Å². The first-order chi connectivity index (χ1) is 12.3. The van der Waals surface area contributed by atoms with E-state index in [-0.39, 0.29) is 51.4 Å². The van der Waals surface area contributed by atoms with Crippen molar-refractivity contribution in [2.75, 3.05) is 0 Å². The van der Waals surface area contributed by atoms with Crippen LogP contribution in [0.25, 0.3) is 0 Å². The standard InChI is InChI=1S/C24H42O.K/c1-3-5-7-9-11-13-15-18-22-19-17-21-24(25)23(22)20-16-14-12-10-8-6-4-2;/h17,19,21,25H,3-16,18,20H2,1-2H3;. The maximum Gasteiger partial charge on any atom is 0.119 e. The van der Waals surface area contributed by atoms with Gasteiger partial charge in [0, 0.05) is 51.4 Å². The Labute approximate surface area is 206 Å². The Bertz CT molecular complexity index is 430. The van der Waals surface area contributed by atoms with Crippen LogP contribution in [0.4, 0.5) is 0 Å². The minimum atomic E-state index is 0. The van der Waals surface area contributed by atoms with Crippen LogP contribution in [0.2, 0.25) is 0 Å². The molecule has 2 heteroatoms. The second-order valence-corrected chi connectivity index (χ2v) is 7.66. The fraction of sp³-hybridized carbons (Fsp3) is 0.750. The van der Waals surface area contributed by atoms with Gasteiger partial charge in [0.25, 0.3) is 0 Å². The van der Waals surface area contributed by atoms with E-state index in [0.717, 1.165) is 12.8 Å². The van der Waals surface area contributed by atoms with Gasteiger partial charge in [0.1, 0.15) is 5.75 Å². The van der Waals surface area contributed by atoms with Gasteiger partial charge in [-0.2, -0.15) is 0 Å². The molecular formula is C24H42KO. The van der Waals surface area contributed by atoms with E-state index >= 15 is 0 Å². The van der Waals surface area contributed by atoms with Gasteiger partial charge in [0.05, 0.1) is 0 Å². The summed E-state index contributed by atoms with van der Waals surface area (Å²) in [5, 5.41) is 10.3. The number of hydrogen-bond acceptors (Lipinski definition) is 1. The summed E-state index contributed by atoms with van der Waals surface area (Å²) in [4.78, 5) is 0. The van der Waals surface area contributed by atoms with Crippen molar-refractivity contribution >= 4 is 51.4 Å². The van der Waals surface area contributed by atoms with Crippen LogP contribution in [0.3, 0.4) is 0 Å². The summed E-state index contributed by atoms with van der Waals surface area (Å²) in [7, 11) is 0. The second kappa shape index (κ2) is 19.0. The molecule has 145 valence electrons. The van der Waals surface area contributed by atoms with Crippen molar-refractivity contribution < 1.29 is 5.11 Å². The Hall–Kier alpha value is 0.656. The molecule has 1 nitrogen and oxygen atoms in total. The Morgan fingerprint density at radius 1 is 0.615 bits per heavy atom. The molecule has 1 aromatic rings. The number of hydrogen-bond donors (Lipinski definition) is 1. The van der Waals surface area contributed by atoms with Gasteiger partial charge >= 0.3 is 0 Å². The molecule has 0 amide bonds. The van der Waals surface area contributed by atoms with E-state index in [1.165, 1.54) is 101 Å². The van der Waals surface area contributed by atoms with Crippen LogP contribution in [-0.2, 0) is 12.8 Å². The van der Waals surface area contributed by atoms with Crippen molar-refractivity contribution in [3.63, 3.8) is 0 Å². The molecule has 0 aliphatic heterocycles. The van der Waals surface area contributed by atoms with Gasteiger partial charge in [-0.05, 0) is 42.9 Å². The zero-order chi connectivity index (χ0) is 18.2. The molecule has 0 heterocycles. The number of aryl methyl sites for hydroxylation is 1. The number of rotatable bonds is 16. The Kier molecular flexibility index (Phi) is 19.5. The van der Waals surface area contributed by atoms with E-state index in [2.05, 4.69) is 19.9 Å². The number of unbranched alkanes of at least 4 members (excludes halogenated alkanes) is 12. The Morgan fingerprint density at radius 3 is 1.62 bits per heavy atom. The molecule has 0 aliphatic rings. The first kappa shape index (κ1) is 26.7. The predicted molar refractivity (Wildman–Crippen MR) is 117 cm³/mol. The van der Waals surface area contributed by atoms with Gasteiger partial charge in [0.2, 0.25) is 0 Å². The molecule has 0 saturated heterocycles. The van der Waals surface area contributed by atoms with Crippen LogP contribution in [0, 0.1) is 0 Å². The molecule has 0 aliphatic carbocycles. The molecule has 1 rings (SSSR count). The van der Waals surface area contributed by atoms with Crippen LogP contribution in [-0.4, -0.2) is 56.5 Å². The molecule has 0 saturated carbocycles. The molecule has 0 fully saturated rings. The summed E-state index contributed by atoms with van der Waals surface area (Å²) in [6, 6.07) is 6.11. The summed E-state index contributed by atoms with van der Waals surface area (Å²) in [5.41, 5.74) is 2.61. The van der Waals surface area contributed by atoms with Crippen LogP contribution in [0.1, 0.15) is 115 Å². The smallest absolute Gasteiger partial charge is 0.119 e. The van der Waals surface area contributed by atoms with E-state index in [0.29, 0.717) is 5.75 Å². The average Bonchev–Trinajstić information content (AvgIpc) is 2.62. The third-order valence-electron chi connectivity index (χ3n) is 5.33. The quantitative estimate of drug-likeness (QED) is 0.229. The summed E-state index contributed by atoms with van der Waals surface area (Å²) < 4.78 is 0. The predicted octanol–water partition coefficient (Wildman–Crippen LogP) is 7.60. The molecule has 0 unspecified atom stereocenters. The molecule has 1 N–H and O–H groups in total. The molecule has 0 bridgehead atoms. The number of phenolic OH excluding ortho intramolecular Hbond substituents is 1. The summed E-state index contributed by atoms with van der Waals surface area (Å²) in [6.45, 7) is 4.54. The molecule has 0 spiro atoms. The third-order valence-corrected chi connectivity index (χ3v) is 5.33. The number of aromatic hydroxyl groups is 1. The van der Waals surface area contributed by atoms with Gasteiger partial charge in [-0.25, -0.2) is 0 Å². The monoisotopic (exact) mass is 385 g/mol. The van der Waals surface area contributed by atoms with Gasteiger partial charge in [-0.15, -0.1) is 0 Å². The van der Waals surface area contributed by atoms with Crippen molar-refractivity contribution in [1.82, 2.24) is 0 Å². The maximum absolute atomic E-state index is 10.3. The van der Waals surface area contributed by atoms with Crippen molar-refractivity contribution in [2.45, 2.75) is 117 Å². The second-order valence-electron chi connectivity index (χ2n) is 7.66.